The van der Waals surface area contributed by atoms with Crippen molar-refractivity contribution in [1.29, 1.82) is 0 Å². The number of carbonyl (C=O) groups excluding carboxylic acids is 1. The van der Waals surface area contributed by atoms with Gasteiger partial charge in [0.1, 0.15) is 0 Å². The third-order valence-corrected chi connectivity index (χ3v) is 3.83. The molecule has 1 fully saturated rings. The third kappa shape index (κ3) is 5.91. The van der Waals surface area contributed by atoms with E-state index in [1.807, 2.05) is 0 Å². The molecule has 0 aromatic carbocycles. The van der Waals surface area contributed by atoms with Crippen LogP contribution in [-0.4, -0.2) is 42.9 Å². The Labute approximate surface area is 120 Å². The summed E-state index contributed by atoms with van der Waals surface area (Å²) in [6.45, 7) is -0.150. The van der Waals surface area contributed by atoms with Gasteiger partial charge in [-0.2, -0.15) is 13.2 Å². The van der Waals surface area contributed by atoms with Crippen LogP contribution in [0.2, 0.25) is 0 Å². The van der Waals surface area contributed by atoms with E-state index < -0.39 is 24.2 Å². The van der Waals surface area contributed by atoms with Crippen LogP contribution in [0.3, 0.4) is 0 Å². The number of rotatable bonds is 6. The lowest BCUT2D eigenvalue weighted by Gasteiger charge is -2.29. The maximum atomic E-state index is 12.5. The molecule has 8 heteroatoms. The molecule has 0 saturated heterocycles. The lowest BCUT2D eigenvalue weighted by atomic mass is 9.80. The highest BCUT2D eigenvalue weighted by atomic mass is 19.4. The fraction of sp³-hybridized carbons (Fsp3) is 0.846. The number of carboxylic acid groups (broad SMARTS) is 1. The Kier molecular flexibility index (Phi) is 6.44. The average molecular weight is 311 g/mol. The van der Waals surface area contributed by atoms with E-state index in [2.05, 4.69) is 10.1 Å². The number of hydrogen-bond donors (Lipinski definition) is 2. The second-order valence-electron chi connectivity index (χ2n) is 5.33. The zero-order valence-electron chi connectivity index (χ0n) is 11.8. The molecule has 1 amide bonds. The Balaban J connectivity index is 2.29. The second kappa shape index (κ2) is 7.63. The summed E-state index contributed by atoms with van der Waals surface area (Å²) in [5.41, 5.74) is 0. The monoisotopic (exact) mass is 311 g/mol. The normalized spacial score (nSPS) is 24.4. The van der Waals surface area contributed by atoms with Crippen LogP contribution in [0, 0.1) is 11.8 Å². The molecule has 1 atom stereocenters. The average Bonchev–Trinajstić information content (AvgIpc) is 2.38. The minimum absolute atomic E-state index is 0.0528. The molecule has 5 nitrogen and oxygen atoms in total. The lowest BCUT2D eigenvalue weighted by Crippen LogP contribution is -2.38. The maximum Gasteiger partial charge on any atom is 0.391 e. The Morgan fingerprint density at radius 1 is 1.29 bits per heavy atom. The smallest absolute Gasteiger partial charge is 0.391 e. The number of carbonyl (C=O) groups is 2. The van der Waals surface area contributed by atoms with E-state index in [-0.39, 0.29) is 37.6 Å². The number of hydrogen-bond acceptors (Lipinski definition) is 3. The van der Waals surface area contributed by atoms with Crippen LogP contribution in [0.5, 0.6) is 0 Å². The molecule has 0 aromatic rings. The molecule has 1 aliphatic carbocycles. The number of ether oxygens (including phenoxy) is 1. The first-order valence-electron chi connectivity index (χ1n) is 6.83. The fourth-order valence-electron chi connectivity index (χ4n) is 2.51. The molecule has 0 radical (unpaired) electrons. The number of methoxy groups -OCH3 is 1. The summed E-state index contributed by atoms with van der Waals surface area (Å²) in [5, 5.41) is 11.2. The topological polar surface area (TPSA) is 75.6 Å². The van der Waals surface area contributed by atoms with E-state index >= 15 is 0 Å². The highest BCUT2D eigenvalue weighted by Crippen LogP contribution is 2.40. The van der Waals surface area contributed by atoms with Gasteiger partial charge >= 0.3 is 12.1 Å². The summed E-state index contributed by atoms with van der Waals surface area (Å²) in [6, 6.07) is 0. The molecule has 0 bridgehead atoms. The van der Waals surface area contributed by atoms with E-state index in [1.54, 1.807) is 0 Å². The van der Waals surface area contributed by atoms with Crippen LogP contribution in [0.1, 0.15) is 32.1 Å². The highest BCUT2D eigenvalue weighted by molar-refractivity contribution is 5.78. The van der Waals surface area contributed by atoms with Crippen LogP contribution in [0.25, 0.3) is 0 Å². The van der Waals surface area contributed by atoms with Crippen molar-refractivity contribution in [3.8, 4) is 0 Å². The van der Waals surface area contributed by atoms with E-state index in [1.165, 1.54) is 7.11 Å². The predicted octanol–water partition coefficient (Wildman–Crippen LogP) is 1.96. The molecular formula is C13H20F3NO4. The van der Waals surface area contributed by atoms with Crippen LogP contribution in [-0.2, 0) is 14.3 Å². The lowest BCUT2D eigenvalue weighted by molar-refractivity contribution is -0.184. The van der Waals surface area contributed by atoms with Crippen molar-refractivity contribution in [1.82, 2.24) is 5.32 Å². The van der Waals surface area contributed by atoms with Crippen molar-refractivity contribution in [3.63, 3.8) is 0 Å². The third-order valence-electron chi connectivity index (χ3n) is 3.83. The first-order valence-corrected chi connectivity index (χ1v) is 6.83. The number of halogens is 3. The van der Waals surface area contributed by atoms with Crippen LogP contribution < -0.4 is 5.32 Å². The van der Waals surface area contributed by atoms with Gasteiger partial charge in [0, 0.05) is 13.5 Å². The first kappa shape index (κ1) is 17.7. The number of aliphatic carboxylic acids is 1. The fourth-order valence-corrected chi connectivity index (χ4v) is 2.51. The summed E-state index contributed by atoms with van der Waals surface area (Å²) in [6.07, 6.45) is -4.31. The van der Waals surface area contributed by atoms with Crippen molar-refractivity contribution < 1.29 is 32.6 Å². The van der Waals surface area contributed by atoms with Crippen LogP contribution in [0.15, 0.2) is 0 Å². The zero-order valence-corrected chi connectivity index (χ0v) is 11.8. The van der Waals surface area contributed by atoms with Crippen molar-refractivity contribution in [2.45, 2.75) is 44.4 Å². The number of carboxylic acids is 1. The molecular weight excluding hydrogens is 291 g/mol. The number of nitrogens with one attached hydrogen (secondary N) is 1. The van der Waals surface area contributed by atoms with E-state index in [0.717, 1.165) is 0 Å². The molecule has 122 valence electrons. The van der Waals surface area contributed by atoms with E-state index in [4.69, 9.17) is 5.11 Å². The molecule has 0 spiro atoms. The van der Waals surface area contributed by atoms with Gasteiger partial charge in [0.25, 0.3) is 0 Å². The van der Waals surface area contributed by atoms with Crippen molar-refractivity contribution in [2.24, 2.45) is 11.8 Å². The van der Waals surface area contributed by atoms with Gasteiger partial charge in [0.2, 0.25) is 5.91 Å². The molecule has 21 heavy (non-hydrogen) atoms. The summed E-state index contributed by atoms with van der Waals surface area (Å²) in [5.74, 6) is -2.87. The van der Waals surface area contributed by atoms with Gasteiger partial charge in [-0.1, -0.05) is 0 Å². The largest absolute Gasteiger partial charge is 0.479 e. The van der Waals surface area contributed by atoms with Crippen LogP contribution in [0.4, 0.5) is 13.2 Å². The Bertz CT molecular complexity index is 365. The van der Waals surface area contributed by atoms with Crippen molar-refractivity contribution in [3.05, 3.63) is 0 Å². The van der Waals surface area contributed by atoms with E-state index in [0.29, 0.717) is 12.8 Å². The molecule has 1 saturated carbocycles. The molecule has 0 heterocycles. The SMILES string of the molecule is COC(CNC(=O)CC1CCC(C(F)(F)F)CC1)C(=O)O. The maximum absolute atomic E-state index is 12.5. The Hall–Kier alpha value is -1.31. The van der Waals surface area contributed by atoms with Gasteiger partial charge in [-0.15, -0.1) is 0 Å². The Morgan fingerprint density at radius 2 is 1.86 bits per heavy atom. The second-order valence-corrected chi connectivity index (χ2v) is 5.33. The standard InChI is InChI=1S/C13H20F3NO4/c1-21-10(12(19)20)7-17-11(18)6-8-2-4-9(5-3-8)13(14,15)16/h8-10H,2-7H2,1H3,(H,17,18)(H,19,20). The summed E-state index contributed by atoms with van der Waals surface area (Å²) >= 11 is 0. The van der Waals surface area contributed by atoms with Gasteiger partial charge < -0.3 is 15.2 Å². The Morgan fingerprint density at radius 3 is 2.29 bits per heavy atom. The minimum atomic E-state index is -4.15. The quantitative estimate of drug-likeness (QED) is 0.786. The number of amides is 1. The predicted molar refractivity (Wildman–Crippen MR) is 67.6 cm³/mol. The van der Waals surface area contributed by atoms with Gasteiger partial charge in [-0.25, -0.2) is 4.79 Å². The molecule has 1 rings (SSSR count). The summed E-state index contributed by atoms with van der Waals surface area (Å²) in [4.78, 5) is 22.3. The summed E-state index contributed by atoms with van der Waals surface area (Å²) < 4.78 is 42.2. The van der Waals surface area contributed by atoms with Crippen molar-refractivity contribution in [2.75, 3.05) is 13.7 Å². The molecule has 0 aliphatic heterocycles. The molecule has 0 aromatic heterocycles. The van der Waals surface area contributed by atoms with Crippen molar-refractivity contribution >= 4 is 11.9 Å². The van der Waals surface area contributed by atoms with Gasteiger partial charge in [0.15, 0.2) is 6.10 Å². The molecule has 2 N–H and O–H groups in total. The van der Waals surface area contributed by atoms with Gasteiger partial charge in [-0.05, 0) is 31.6 Å². The molecule has 1 aliphatic rings. The highest BCUT2D eigenvalue weighted by Gasteiger charge is 2.41. The van der Waals surface area contributed by atoms with Gasteiger partial charge in [0.05, 0.1) is 12.5 Å². The van der Waals surface area contributed by atoms with Crippen LogP contribution >= 0.6 is 0 Å². The summed E-state index contributed by atoms with van der Waals surface area (Å²) in [7, 11) is 1.23. The first-order chi connectivity index (χ1) is 9.74. The minimum Gasteiger partial charge on any atom is -0.479 e. The molecule has 1 unspecified atom stereocenters. The van der Waals surface area contributed by atoms with E-state index in [9.17, 15) is 22.8 Å². The zero-order chi connectivity index (χ0) is 16.0. The van der Waals surface area contributed by atoms with Gasteiger partial charge in [-0.3, -0.25) is 4.79 Å². The number of alkyl halides is 3.